The highest BCUT2D eigenvalue weighted by molar-refractivity contribution is 5.90. The largest absolute Gasteiger partial charge is 0.364 e. The lowest BCUT2D eigenvalue weighted by molar-refractivity contribution is -0.134. The van der Waals surface area contributed by atoms with Gasteiger partial charge in [0.2, 0.25) is 5.91 Å². The molecular formula is C16H24N4O2. The number of likely N-dealkylation sites (tertiary alicyclic amines) is 1. The van der Waals surface area contributed by atoms with Crippen LogP contribution in [0.3, 0.4) is 0 Å². The summed E-state index contributed by atoms with van der Waals surface area (Å²) in [6.07, 6.45) is 4.32. The summed E-state index contributed by atoms with van der Waals surface area (Å²) in [5.41, 5.74) is 5.59. The van der Waals surface area contributed by atoms with E-state index in [0.717, 1.165) is 38.2 Å². The maximum Gasteiger partial charge on any atom is 0.266 e. The molecule has 0 bridgehead atoms. The van der Waals surface area contributed by atoms with Gasteiger partial charge in [0.25, 0.3) is 5.91 Å². The number of rotatable bonds is 4. The molecule has 2 aliphatic rings. The fourth-order valence-corrected chi connectivity index (χ4v) is 3.51. The fourth-order valence-electron chi connectivity index (χ4n) is 3.51. The lowest BCUT2D eigenvalue weighted by atomic mass is 9.95. The zero-order valence-corrected chi connectivity index (χ0v) is 13.2. The molecule has 0 spiro atoms. The van der Waals surface area contributed by atoms with Gasteiger partial charge in [-0.2, -0.15) is 0 Å². The number of nitrogens with one attached hydrogen (secondary N) is 1. The smallest absolute Gasteiger partial charge is 0.266 e. The van der Waals surface area contributed by atoms with Crippen molar-refractivity contribution in [2.45, 2.75) is 39.0 Å². The molecule has 2 atom stereocenters. The summed E-state index contributed by atoms with van der Waals surface area (Å²) in [7, 11) is 0. The monoisotopic (exact) mass is 304 g/mol. The van der Waals surface area contributed by atoms with E-state index in [1.54, 1.807) is 0 Å². The Balaban J connectivity index is 1.54. The number of imidazole rings is 1. The summed E-state index contributed by atoms with van der Waals surface area (Å²) >= 11 is 0. The zero-order valence-electron chi connectivity index (χ0n) is 13.2. The van der Waals surface area contributed by atoms with Crippen LogP contribution in [0.5, 0.6) is 0 Å². The number of carbonyl (C=O) groups is 2. The van der Waals surface area contributed by atoms with E-state index in [2.05, 4.69) is 23.8 Å². The van der Waals surface area contributed by atoms with Crippen molar-refractivity contribution in [2.24, 2.45) is 23.5 Å². The highest BCUT2D eigenvalue weighted by Gasteiger charge is 2.46. The molecule has 1 aromatic heterocycles. The molecule has 3 rings (SSSR count). The van der Waals surface area contributed by atoms with Gasteiger partial charge < -0.3 is 15.6 Å². The molecule has 0 aromatic carbocycles. The number of hydrogen-bond acceptors (Lipinski definition) is 3. The predicted octanol–water partition coefficient (Wildman–Crippen LogP) is 1.51. The Kier molecular flexibility index (Phi) is 3.93. The molecule has 2 fully saturated rings. The fraction of sp³-hybridized carbons (Fsp3) is 0.688. The number of primary amides is 1. The normalized spacial score (nSPS) is 25.5. The number of H-pyrrole nitrogens is 1. The molecule has 3 N–H and O–H groups in total. The molecule has 120 valence electrons. The first-order chi connectivity index (χ1) is 10.5. The third-order valence-corrected chi connectivity index (χ3v) is 5.07. The summed E-state index contributed by atoms with van der Waals surface area (Å²) in [6, 6.07) is 0. The molecule has 6 heteroatoms. The quantitative estimate of drug-likeness (QED) is 0.883. The number of hydrogen-bond donors (Lipinski definition) is 2. The van der Waals surface area contributed by atoms with Crippen LogP contribution in [0, 0.1) is 17.8 Å². The van der Waals surface area contributed by atoms with Crippen LogP contribution in [-0.2, 0) is 4.79 Å². The average Bonchev–Trinajstić information content (AvgIpc) is 3.15. The second kappa shape index (κ2) is 5.74. The summed E-state index contributed by atoms with van der Waals surface area (Å²) in [4.78, 5) is 32.8. The van der Waals surface area contributed by atoms with Crippen molar-refractivity contribution in [2.75, 3.05) is 13.1 Å². The Labute approximate surface area is 130 Å². The maximum absolute atomic E-state index is 12.5. The molecule has 6 nitrogen and oxygen atoms in total. The second-order valence-electron chi connectivity index (χ2n) is 6.90. The van der Waals surface area contributed by atoms with Crippen LogP contribution >= 0.6 is 0 Å². The first kappa shape index (κ1) is 15.1. The SMILES string of the molecule is CC(C)C1CC1C(=O)N1CCC(c2ncc(C(N)=O)[nH]2)CC1. The molecule has 1 aliphatic carbocycles. The van der Waals surface area contributed by atoms with Gasteiger partial charge in [0.05, 0.1) is 6.20 Å². The lowest BCUT2D eigenvalue weighted by Crippen LogP contribution is -2.39. The summed E-state index contributed by atoms with van der Waals surface area (Å²) in [5, 5.41) is 0. The Hall–Kier alpha value is -1.85. The number of amides is 2. The van der Waals surface area contributed by atoms with Crippen LogP contribution in [-0.4, -0.2) is 39.8 Å². The van der Waals surface area contributed by atoms with Crippen molar-refractivity contribution in [1.29, 1.82) is 0 Å². The van der Waals surface area contributed by atoms with Crippen LogP contribution in [0.2, 0.25) is 0 Å². The van der Waals surface area contributed by atoms with Crippen LogP contribution in [0.1, 0.15) is 55.3 Å². The average molecular weight is 304 g/mol. The van der Waals surface area contributed by atoms with E-state index < -0.39 is 5.91 Å². The molecule has 0 radical (unpaired) electrons. The highest BCUT2D eigenvalue weighted by Crippen LogP contribution is 2.45. The molecule has 1 aliphatic heterocycles. The summed E-state index contributed by atoms with van der Waals surface area (Å²) in [6.45, 7) is 5.93. The Bertz CT molecular complexity index is 572. The van der Waals surface area contributed by atoms with E-state index in [1.165, 1.54) is 6.20 Å². The van der Waals surface area contributed by atoms with Gasteiger partial charge >= 0.3 is 0 Å². The van der Waals surface area contributed by atoms with E-state index in [9.17, 15) is 9.59 Å². The van der Waals surface area contributed by atoms with Crippen LogP contribution < -0.4 is 5.73 Å². The predicted molar refractivity (Wildman–Crippen MR) is 82.1 cm³/mol. The number of aromatic amines is 1. The van der Waals surface area contributed by atoms with Gasteiger partial charge in [-0.05, 0) is 31.1 Å². The van der Waals surface area contributed by atoms with E-state index in [0.29, 0.717) is 23.4 Å². The molecular weight excluding hydrogens is 280 g/mol. The molecule has 2 amide bonds. The highest BCUT2D eigenvalue weighted by atomic mass is 16.2. The first-order valence-corrected chi connectivity index (χ1v) is 8.11. The van der Waals surface area contributed by atoms with Crippen molar-refractivity contribution in [3.63, 3.8) is 0 Å². The van der Waals surface area contributed by atoms with Crippen LogP contribution in [0.4, 0.5) is 0 Å². The molecule has 2 unspecified atom stereocenters. The number of carbonyl (C=O) groups excluding carboxylic acids is 2. The zero-order chi connectivity index (χ0) is 15.9. The molecule has 1 aromatic rings. The van der Waals surface area contributed by atoms with Gasteiger partial charge in [-0.25, -0.2) is 4.98 Å². The minimum Gasteiger partial charge on any atom is -0.364 e. The van der Waals surface area contributed by atoms with Crippen molar-refractivity contribution in [1.82, 2.24) is 14.9 Å². The van der Waals surface area contributed by atoms with Gasteiger partial charge in [-0.3, -0.25) is 9.59 Å². The van der Waals surface area contributed by atoms with Gasteiger partial charge in [0.15, 0.2) is 0 Å². The third-order valence-electron chi connectivity index (χ3n) is 5.07. The van der Waals surface area contributed by atoms with E-state index in [4.69, 9.17) is 5.73 Å². The minimum absolute atomic E-state index is 0.252. The van der Waals surface area contributed by atoms with Crippen molar-refractivity contribution >= 4 is 11.8 Å². The lowest BCUT2D eigenvalue weighted by Gasteiger charge is -2.31. The van der Waals surface area contributed by atoms with Gasteiger partial charge in [0, 0.05) is 24.9 Å². The number of nitrogens with zero attached hydrogens (tertiary/aromatic N) is 2. The van der Waals surface area contributed by atoms with Crippen molar-refractivity contribution in [3.05, 3.63) is 17.7 Å². The van der Waals surface area contributed by atoms with Gasteiger partial charge in [0.1, 0.15) is 11.5 Å². The van der Waals surface area contributed by atoms with Gasteiger partial charge in [-0.15, -0.1) is 0 Å². The van der Waals surface area contributed by atoms with E-state index in [-0.39, 0.29) is 11.8 Å². The standard InChI is InChI=1S/C16H24N4O2/c1-9(2)11-7-12(11)16(22)20-5-3-10(4-6-20)15-18-8-13(19-15)14(17)21/h8-12H,3-7H2,1-2H3,(H2,17,21)(H,18,19). The summed E-state index contributed by atoms with van der Waals surface area (Å²) in [5.74, 6) is 2.36. The van der Waals surface area contributed by atoms with Crippen molar-refractivity contribution < 1.29 is 9.59 Å². The molecule has 1 saturated carbocycles. The molecule has 1 saturated heterocycles. The first-order valence-electron chi connectivity index (χ1n) is 8.11. The van der Waals surface area contributed by atoms with Crippen LogP contribution in [0.25, 0.3) is 0 Å². The van der Waals surface area contributed by atoms with E-state index >= 15 is 0 Å². The second-order valence-corrected chi connectivity index (χ2v) is 6.90. The Morgan fingerprint density at radius 1 is 1.36 bits per heavy atom. The maximum atomic E-state index is 12.5. The Morgan fingerprint density at radius 2 is 2.05 bits per heavy atom. The molecule has 2 heterocycles. The number of nitrogens with two attached hydrogens (primary N) is 1. The number of piperidine rings is 1. The third kappa shape index (κ3) is 2.87. The van der Waals surface area contributed by atoms with Crippen LogP contribution in [0.15, 0.2) is 6.20 Å². The molecule has 22 heavy (non-hydrogen) atoms. The topological polar surface area (TPSA) is 92.1 Å². The van der Waals surface area contributed by atoms with Crippen molar-refractivity contribution in [3.8, 4) is 0 Å². The minimum atomic E-state index is -0.486. The Morgan fingerprint density at radius 3 is 2.55 bits per heavy atom. The van der Waals surface area contributed by atoms with Gasteiger partial charge in [-0.1, -0.05) is 13.8 Å². The number of aromatic nitrogens is 2. The summed E-state index contributed by atoms with van der Waals surface area (Å²) < 4.78 is 0. The van der Waals surface area contributed by atoms with E-state index in [1.807, 2.05) is 4.90 Å².